The van der Waals surface area contributed by atoms with Gasteiger partial charge in [0.1, 0.15) is 6.17 Å². The van der Waals surface area contributed by atoms with Gasteiger partial charge >= 0.3 is 6.09 Å². The summed E-state index contributed by atoms with van der Waals surface area (Å²) in [4.78, 5) is 13.9. The number of carboxylic acid groups (broad SMARTS) is 1. The van der Waals surface area contributed by atoms with Gasteiger partial charge < -0.3 is 10.2 Å². The summed E-state index contributed by atoms with van der Waals surface area (Å²) in [6.45, 7) is 0.0129. The molecular weight excluding hydrogens is 164 g/mol. The first-order valence-corrected chi connectivity index (χ1v) is 3.37. The van der Waals surface area contributed by atoms with E-state index in [-0.39, 0.29) is 13.0 Å². The van der Waals surface area contributed by atoms with Gasteiger partial charge in [-0.05, 0) is 5.53 Å². The molecule has 0 saturated carbocycles. The lowest BCUT2D eigenvalue weighted by Crippen LogP contribution is -2.33. The largest absolute Gasteiger partial charge is 0.465 e. The smallest absolute Gasteiger partial charge is 0.407 e. The number of azide groups is 1. The summed E-state index contributed by atoms with van der Waals surface area (Å²) >= 11 is 0. The van der Waals surface area contributed by atoms with Crippen LogP contribution in [0.4, 0.5) is 4.79 Å². The summed E-state index contributed by atoms with van der Waals surface area (Å²) in [5.74, 6) is 0. The minimum absolute atomic E-state index is 0.0129. The molecule has 1 fully saturated rings. The number of rotatable bonds is 1. The summed E-state index contributed by atoms with van der Waals surface area (Å²) in [5, 5.41) is 20.9. The number of β-amino-alcohol motifs (C(OH)–C–C–N with tert-alkyl or cyclic N) is 1. The van der Waals surface area contributed by atoms with Crippen molar-refractivity contribution >= 4 is 6.09 Å². The first-order chi connectivity index (χ1) is 5.65. The summed E-state index contributed by atoms with van der Waals surface area (Å²) in [5.41, 5.74) is 8.07. The lowest BCUT2D eigenvalue weighted by molar-refractivity contribution is 0.132. The second kappa shape index (κ2) is 3.29. The maximum atomic E-state index is 10.5. The highest BCUT2D eigenvalue weighted by Crippen LogP contribution is 2.18. The average Bonchev–Trinajstić information content (AvgIpc) is 2.32. The van der Waals surface area contributed by atoms with Gasteiger partial charge in [0, 0.05) is 11.3 Å². The molecule has 2 unspecified atom stereocenters. The SMILES string of the molecule is [N-]=[N+]=NC1CC(O)CN1C(=O)O. The number of hydrogen-bond donors (Lipinski definition) is 2. The van der Waals surface area contributed by atoms with Crippen molar-refractivity contribution in [2.75, 3.05) is 6.54 Å². The van der Waals surface area contributed by atoms with Crippen LogP contribution in [0.1, 0.15) is 6.42 Å². The maximum absolute atomic E-state index is 10.5. The minimum atomic E-state index is -1.18. The van der Waals surface area contributed by atoms with Crippen LogP contribution in [-0.4, -0.2) is 40.0 Å². The Balaban J connectivity index is 2.71. The molecule has 1 rings (SSSR count). The molecule has 7 nitrogen and oxygen atoms in total. The predicted molar refractivity (Wildman–Crippen MR) is 38.3 cm³/mol. The van der Waals surface area contributed by atoms with Gasteiger partial charge in [-0.2, -0.15) is 0 Å². The van der Waals surface area contributed by atoms with Crippen LogP contribution in [0, 0.1) is 0 Å². The fraction of sp³-hybridized carbons (Fsp3) is 0.800. The third kappa shape index (κ3) is 1.58. The first-order valence-electron chi connectivity index (χ1n) is 3.37. The van der Waals surface area contributed by atoms with E-state index in [0.717, 1.165) is 4.90 Å². The Hall–Kier alpha value is -1.46. The van der Waals surface area contributed by atoms with Gasteiger partial charge in [0.15, 0.2) is 0 Å². The molecule has 0 aromatic heterocycles. The molecule has 0 spiro atoms. The Labute approximate surface area is 67.8 Å². The van der Waals surface area contributed by atoms with Gasteiger partial charge in [0.2, 0.25) is 0 Å². The van der Waals surface area contributed by atoms with E-state index >= 15 is 0 Å². The van der Waals surface area contributed by atoms with E-state index < -0.39 is 18.4 Å². The van der Waals surface area contributed by atoms with Crippen molar-refractivity contribution in [3.63, 3.8) is 0 Å². The molecule has 7 heteroatoms. The van der Waals surface area contributed by atoms with E-state index in [9.17, 15) is 4.79 Å². The minimum Gasteiger partial charge on any atom is -0.465 e. The highest BCUT2D eigenvalue weighted by Gasteiger charge is 2.33. The van der Waals surface area contributed by atoms with Crippen LogP contribution in [0.25, 0.3) is 10.4 Å². The van der Waals surface area contributed by atoms with E-state index in [1.807, 2.05) is 0 Å². The molecule has 1 saturated heterocycles. The summed E-state index contributed by atoms with van der Waals surface area (Å²) in [7, 11) is 0. The fourth-order valence-electron chi connectivity index (χ4n) is 1.17. The zero-order chi connectivity index (χ0) is 9.14. The molecule has 1 aliphatic heterocycles. The van der Waals surface area contributed by atoms with E-state index in [0.29, 0.717) is 0 Å². The fourth-order valence-corrected chi connectivity index (χ4v) is 1.17. The van der Waals surface area contributed by atoms with Gasteiger partial charge in [-0.15, -0.1) is 0 Å². The molecular formula is C5H8N4O3. The Morgan fingerprint density at radius 1 is 1.75 bits per heavy atom. The van der Waals surface area contributed by atoms with Crippen LogP contribution in [0.15, 0.2) is 5.11 Å². The molecule has 0 bridgehead atoms. The summed E-state index contributed by atoms with van der Waals surface area (Å²) in [6, 6.07) is 0. The predicted octanol–water partition coefficient (Wildman–Crippen LogP) is 0.367. The van der Waals surface area contributed by atoms with Gasteiger partial charge in [-0.25, -0.2) is 4.79 Å². The molecule has 66 valence electrons. The number of nitrogens with zero attached hydrogens (tertiary/aromatic N) is 4. The number of aliphatic hydroxyl groups excluding tert-OH is 1. The first kappa shape index (κ1) is 8.63. The zero-order valence-corrected chi connectivity index (χ0v) is 6.16. The highest BCUT2D eigenvalue weighted by molar-refractivity contribution is 5.65. The molecule has 0 aliphatic carbocycles. The summed E-state index contributed by atoms with van der Waals surface area (Å²) in [6.07, 6.45) is -2.49. The monoisotopic (exact) mass is 172 g/mol. The molecule has 12 heavy (non-hydrogen) atoms. The van der Waals surface area contributed by atoms with Crippen LogP contribution in [0.3, 0.4) is 0 Å². The molecule has 2 N–H and O–H groups in total. The topological polar surface area (TPSA) is 110 Å². The van der Waals surface area contributed by atoms with Crippen molar-refractivity contribution in [1.82, 2.24) is 4.90 Å². The Morgan fingerprint density at radius 2 is 2.42 bits per heavy atom. The number of amides is 1. The van der Waals surface area contributed by atoms with Gasteiger partial charge in [-0.1, -0.05) is 5.11 Å². The van der Waals surface area contributed by atoms with Crippen LogP contribution in [0.2, 0.25) is 0 Å². The zero-order valence-electron chi connectivity index (χ0n) is 6.16. The average molecular weight is 172 g/mol. The Bertz CT molecular complexity index is 227. The van der Waals surface area contributed by atoms with Crippen molar-refractivity contribution in [1.29, 1.82) is 0 Å². The van der Waals surface area contributed by atoms with Gasteiger partial charge in [0.05, 0.1) is 12.6 Å². The Morgan fingerprint density at radius 3 is 2.92 bits per heavy atom. The van der Waals surface area contributed by atoms with Crippen molar-refractivity contribution in [2.45, 2.75) is 18.7 Å². The number of aliphatic hydroxyl groups is 1. The molecule has 2 atom stereocenters. The number of likely N-dealkylation sites (tertiary alicyclic amines) is 1. The van der Waals surface area contributed by atoms with Crippen molar-refractivity contribution in [2.24, 2.45) is 5.11 Å². The van der Waals surface area contributed by atoms with E-state index in [2.05, 4.69) is 10.0 Å². The van der Waals surface area contributed by atoms with Crippen molar-refractivity contribution in [3.05, 3.63) is 10.4 Å². The second-order valence-corrected chi connectivity index (χ2v) is 2.51. The molecule has 1 aliphatic rings. The lowest BCUT2D eigenvalue weighted by atomic mass is 10.3. The number of hydrogen-bond acceptors (Lipinski definition) is 3. The standard InChI is InChI=1S/C5H8N4O3/c6-8-7-4-1-3(10)2-9(4)5(11)12/h3-4,10H,1-2H2,(H,11,12). The molecule has 1 heterocycles. The number of carbonyl (C=O) groups is 1. The normalized spacial score (nSPS) is 28.2. The lowest BCUT2D eigenvalue weighted by Gasteiger charge is -2.15. The van der Waals surface area contributed by atoms with Crippen molar-refractivity contribution in [3.8, 4) is 0 Å². The molecule has 0 aromatic carbocycles. The van der Waals surface area contributed by atoms with Crippen LogP contribution in [0.5, 0.6) is 0 Å². The van der Waals surface area contributed by atoms with E-state index in [4.69, 9.17) is 15.7 Å². The third-order valence-electron chi connectivity index (χ3n) is 1.68. The quantitative estimate of drug-likeness (QED) is 0.338. The second-order valence-electron chi connectivity index (χ2n) is 2.51. The van der Waals surface area contributed by atoms with Crippen LogP contribution >= 0.6 is 0 Å². The Kier molecular flexibility index (Phi) is 2.37. The van der Waals surface area contributed by atoms with Crippen molar-refractivity contribution < 1.29 is 15.0 Å². The highest BCUT2D eigenvalue weighted by atomic mass is 16.4. The summed E-state index contributed by atoms with van der Waals surface area (Å²) < 4.78 is 0. The maximum Gasteiger partial charge on any atom is 0.407 e. The van der Waals surface area contributed by atoms with Gasteiger partial charge in [0.25, 0.3) is 0 Å². The van der Waals surface area contributed by atoms with E-state index in [1.165, 1.54) is 0 Å². The third-order valence-corrected chi connectivity index (χ3v) is 1.68. The van der Waals surface area contributed by atoms with Crippen LogP contribution < -0.4 is 0 Å². The van der Waals surface area contributed by atoms with Crippen LogP contribution in [-0.2, 0) is 0 Å². The van der Waals surface area contributed by atoms with Gasteiger partial charge in [-0.3, -0.25) is 4.90 Å². The molecule has 0 aromatic rings. The molecule has 0 radical (unpaired) electrons. The van der Waals surface area contributed by atoms with E-state index in [1.54, 1.807) is 0 Å². The molecule has 1 amide bonds.